The predicted molar refractivity (Wildman–Crippen MR) is 45.8 cm³/mol. The normalized spacial score (nSPS) is 9.22. The maximum atomic E-state index is 3.92. The second-order valence-electron chi connectivity index (χ2n) is 2.01. The Labute approximate surface area is 62.1 Å². The maximum Gasteiger partial charge on any atom is 0.0325 e. The average molecular weight is 145 g/mol. The van der Waals surface area contributed by atoms with Crippen LogP contribution in [-0.2, 0) is 0 Å². The summed E-state index contributed by atoms with van der Waals surface area (Å²) in [5.41, 5.74) is 1.21. The van der Waals surface area contributed by atoms with Crippen LogP contribution in [0.1, 0.15) is 6.92 Å². The third-order valence-corrected chi connectivity index (χ3v) is 1.95. The zero-order valence-electron chi connectivity index (χ0n) is 6.48. The molecule has 0 saturated carbocycles. The molecule has 0 saturated heterocycles. The van der Waals surface area contributed by atoms with E-state index >= 15 is 0 Å². The predicted octanol–water partition coefficient (Wildman–Crippen LogP) is 1.81. The summed E-state index contributed by atoms with van der Waals surface area (Å²) in [6.45, 7) is 7.11. The fourth-order valence-electron chi connectivity index (χ4n) is 0.500. The Morgan fingerprint density at radius 3 is 2.56 bits per heavy atom. The number of hydrogen-bond acceptors (Lipinski definition) is 2. The van der Waals surface area contributed by atoms with Gasteiger partial charge in [0.05, 0.1) is 0 Å². The molecule has 0 aliphatic heterocycles. The minimum Gasteiger partial charge on any atom is -0.378 e. The lowest BCUT2D eigenvalue weighted by molar-refractivity contribution is 0.447. The highest BCUT2D eigenvalue weighted by atomic mass is 32.2. The van der Waals surface area contributed by atoms with Crippen molar-refractivity contribution >= 4 is 11.8 Å². The summed E-state index contributed by atoms with van der Waals surface area (Å²) >= 11 is 1.81. The standard InChI is InChI=1S/C7H15NS/c1-5-8(3)7(2)6-9-4/h2,5-6H2,1,3-4H3. The topological polar surface area (TPSA) is 3.24 Å². The van der Waals surface area contributed by atoms with Gasteiger partial charge in [-0.25, -0.2) is 0 Å². The SMILES string of the molecule is C=C(CSC)N(C)CC. The lowest BCUT2D eigenvalue weighted by Gasteiger charge is -2.18. The first-order valence-electron chi connectivity index (χ1n) is 3.10. The van der Waals surface area contributed by atoms with Gasteiger partial charge in [0.2, 0.25) is 0 Å². The fourth-order valence-corrected chi connectivity index (χ4v) is 1.05. The molecule has 0 heterocycles. The molecular weight excluding hydrogens is 130 g/mol. The van der Waals surface area contributed by atoms with Gasteiger partial charge in [0, 0.05) is 25.0 Å². The van der Waals surface area contributed by atoms with Gasteiger partial charge < -0.3 is 4.90 Å². The number of nitrogens with zero attached hydrogens (tertiary/aromatic N) is 1. The van der Waals surface area contributed by atoms with Crippen molar-refractivity contribution in [2.75, 3.05) is 25.6 Å². The Kier molecular flexibility index (Phi) is 4.68. The van der Waals surface area contributed by atoms with E-state index in [1.807, 2.05) is 11.8 Å². The molecule has 0 aromatic rings. The summed E-state index contributed by atoms with van der Waals surface area (Å²) in [6.07, 6.45) is 2.09. The van der Waals surface area contributed by atoms with Gasteiger partial charge in [0.1, 0.15) is 0 Å². The van der Waals surface area contributed by atoms with Crippen LogP contribution < -0.4 is 0 Å². The van der Waals surface area contributed by atoms with E-state index in [4.69, 9.17) is 0 Å². The van der Waals surface area contributed by atoms with Crippen LogP contribution in [0.3, 0.4) is 0 Å². The largest absolute Gasteiger partial charge is 0.378 e. The monoisotopic (exact) mass is 145 g/mol. The van der Waals surface area contributed by atoms with Crippen molar-refractivity contribution < 1.29 is 0 Å². The van der Waals surface area contributed by atoms with E-state index < -0.39 is 0 Å². The molecule has 0 aromatic carbocycles. The molecule has 0 N–H and O–H groups in total. The molecule has 0 radical (unpaired) electrons. The Hall–Kier alpha value is -0.110. The summed E-state index contributed by atoms with van der Waals surface area (Å²) in [5, 5.41) is 0. The van der Waals surface area contributed by atoms with Gasteiger partial charge in [-0.1, -0.05) is 6.58 Å². The third kappa shape index (κ3) is 3.46. The second-order valence-corrected chi connectivity index (χ2v) is 2.88. The van der Waals surface area contributed by atoms with Crippen molar-refractivity contribution in [2.45, 2.75) is 6.92 Å². The highest BCUT2D eigenvalue weighted by molar-refractivity contribution is 7.98. The van der Waals surface area contributed by atoms with Crippen molar-refractivity contribution in [3.63, 3.8) is 0 Å². The first kappa shape index (κ1) is 8.89. The van der Waals surface area contributed by atoms with Crippen molar-refractivity contribution in [3.8, 4) is 0 Å². The summed E-state index contributed by atoms with van der Waals surface area (Å²) in [7, 11) is 2.07. The molecule has 0 aromatic heterocycles. The van der Waals surface area contributed by atoms with Crippen LogP contribution in [-0.4, -0.2) is 30.5 Å². The highest BCUT2D eigenvalue weighted by Crippen LogP contribution is 2.04. The first-order chi connectivity index (χ1) is 4.22. The lowest BCUT2D eigenvalue weighted by atomic mass is 10.5. The van der Waals surface area contributed by atoms with Gasteiger partial charge in [0.15, 0.2) is 0 Å². The quantitative estimate of drug-likeness (QED) is 0.593. The molecule has 0 bridgehead atoms. The van der Waals surface area contributed by atoms with E-state index in [1.54, 1.807) is 0 Å². The van der Waals surface area contributed by atoms with E-state index in [1.165, 1.54) is 5.70 Å². The highest BCUT2D eigenvalue weighted by Gasteiger charge is 1.95. The molecule has 0 atom stereocenters. The number of thioether (sulfide) groups is 1. The smallest absolute Gasteiger partial charge is 0.0325 e. The van der Waals surface area contributed by atoms with Gasteiger partial charge in [-0.15, -0.1) is 0 Å². The molecule has 9 heavy (non-hydrogen) atoms. The molecule has 0 aliphatic rings. The van der Waals surface area contributed by atoms with Gasteiger partial charge >= 0.3 is 0 Å². The van der Waals surface area contributed by atoms with Gasteiger partial charge in [-0.3, -0.25) is 0 Å². The second kappa shape index (κ2) is 4.74. The average Bonchev–Trinajstić information content (AvgIpc) is 1.87. The van der Waals surface area contributed by atoms with Crippen LogP contribution in [0, 0.1) is 0 Å². The third-order valence-electron chi connectivity index (χ3n) is 1.33. The van der Waals surface area contributed by atoms with Crippen LogP contribution in [0.25, 0.3) is 0 Å². The van der Waals surface area contributed by atoms with Crippen molar-refractivity contribution in [1.29, 1.82) is 0 Å². The molecule has 2 heteroatoms. The van der Waals surface area contributed by atoms with E-state index in [0.29, 0.717) is 0 Å². The van der Waals surface area contributed by atoms with Crippen molar-refractivity contribution in [3.05, 3.63) is 12.3 Å². The van der Waals surface area contributed by atoms with Crippen molar-refractivity contribution in [2.24, 2.45) is 0 Å². The molecule has 0 rings (SSSR count). The van der Waals surface area contributed by atoms with Crippen LogP contribution >= 0.6 is 11.8 Å². The Morgan fingerprint density at radius 2 is 2.22 bits per heavy atom. The molecular formula is C7H15NS. The van der Waals surface area contributed by atoms with Crippen LogP contribution in [0.15, 0.2) is 12.3 Å². The summed E-state index contributed by atoms with van der Waals surface area (Å²) < 4.78 is 0. The molecule has 0 spiro atoms. The lowest BCUT2D eigenvalue weighted by Crippen LogP contribution is -2.17. The molecule has 0 unspecified atom stereocenters. The van der Waals surface area contributed by atoms with E-state index in [9.17, 15) is 0 Å². The first-order valence-corrected chi connectivity index (χ1v) is 4.49. The number of hydrogen-bond donors (Lipinski definition) is 0. The maximum absolute atomic E-state index is 3.92. The van der Waals surface area contributed by atoms with E-state index in [0.717, 1.165) is 12.3 Å². The van der Waals surface area contributed by atoms with Crippen LogP contribution in [0.5, 0.6) is 0 Å². The Morgan fingerprint density at radius 1 is 1.67 bits per heavy atom. The molecule has 1 nitrogen and oxygen atoms in total. The summed E-state index contributed by atoms with van der Waals surface area (Å²) in [6, 6.07) is 0. The molecule has 0 amide bonds. The zero-order chi connectivity index (χ0) is 7.28. The Bertz CT molecular complexity index is 90.9. The van der Waals surface area contributed by atoms with Crippen molar-refractivity contribution in [1.82, 2.24) is 4.90 Å². The zero-order valence-corrected chi connectivity index (χ0v) is 7.29. The van der Waals surface area contributed by atoms with E-state index in [-0.39, 0.29) is 0 Å². The number of rotatable bonds is 4. The molecule has 0 fully saturated rings. The Balaban J connectivity index is 3.46. The van der Waals surface area contributed by atoms with Gasteiger partial charge in [0.25, 0.3) is 0 Å². The minimum atomic E-state index is 1.05. The van der Waals surface area contributed by atoms with Crippen LogP contribution in [0.4, 0.5) is 0 Å². The molecule has 0 aliphatic carbocycles. The van der Waals surface area contributed by atoms with Gasteiger partial charge in [-0.2, -0.15) is 11.8 Å². The summed E-state index contributed by atoms with van der Waals surface area (Å²) in [5.74, 6) is 1.05. The van der Waals surface area contributed by atoms with Crippen LogP contribution in [0.2, 0.25) is 0 Å². The minimum absolute atomic E-state index is 1.05. The van der Waals surface area contributed by atoms with E-state index in [2.05, 4.69) is 31.7 Å². The molecule has 54 valence electrons. The van der Waals surface area contributed by atoms with Gasteiger partial charge in [-0.05, 0) is 13.2 Å². The fraction of sp³-hybridized carbons (Fsp3) is 0.714. The summed E-state index contributed by atoms with van der Waals surface area (Å²) in [4.78, 5) is 2.16.